The van der Waals surface area contributed by atoms with E-state index >= 15 is 0 Å². The number of allylic oxidation sites excluding steroid dienone is 1. The van der Waals surface area contributed by atoms with E-state index in [9.17, 15) is 14.1 Å². The topological polar surface area (TPSA) is 81.3 Å². The lowest BCUT2D eigenvalue weighted by molar-refractivity contribution is -0.118. The number of nitrogens with one attached hydrogen (secondary N) is 2. The molecule has 0 aliphatic heterocycles. The Morgan fingerprint density at radius 1 is 0.889 bits per heavy atom. The minimum atomic E-state index is -0.509. The molecule has 0 aliphatic carbocycles. The van der Waals surface area contributed by atoms with Gasteiger partial charge < -0.3 is 15.2 Å². The largest absolute Gasteiger partial charge is 0.799 e. The van der Waals surface area contributed by atoms with E-state index < -0.39 is 5.92 Å². The summed E-state index contributed by atoms with van der Waals surface area (Å²) < 4.78 is 10.6. The maximum atomic E-state index is 14.0. The number of amides is 2. The lowest BCUT2D eigenvalue weighted by Gasteiger charge is -2.25. The second-order valence-electron chi connectivity index (χ2n) is 12.0. The van der Waals surface area contributed by atoms with Crippen LogP contribution in [0.4, 0.5) is 5.69 Å². The van der Waals surface area contributed by atoms with Gasteiger partial charge in [-0.1, -0.05) is 118 Å². The van der Waals surface area contributed by atoms with Crippen LogP contribution in [0.5, 0.6) is 0 Å². The van der Waals surface area contributed by atoms with Gasteiger partial charge in [0.05, 0.1) is 5.92 Å². The smallest absolute Gasteiger partial charge is 0.251 e. The van der Waals surface area contributed by atoms with E-state index in [1.807, 2.05) is 73.7 Å². The third-order valence-corrected chi connectivity index (χ3v) is 8.34. The van der Waals surface area contributed by atoms with Gasteiger partial charge in [-0.15, -0.1) is 0 Å². The average Bonchev–Trinajstić information content (AvgIpc) is 3.01. The molecular formula is C37H37Cl2N2O3S-. The monoisotopic (exact) mass is 659 g/mol. The van der Waals surface area contributed by atoms with Crippen molar-refractivity contribution in [2.24, 2.45) is 5.41 Å². The molecule has 0 bridgehead atoms. The molecule has 234 valence electrons. The lowest BCUT2D eigenvalue weighted by Crippen LogP contribution is -2.26. The van der Waals surface area contributed by atoms with Gasteiger partial charge in [0.2, 0.25) is 5.91 Å². The predicted molar refractivity (Wildman–Crippen MR) is 189 cm³/mol. The van der Waals surface area contributed by atoms with Crippen LogP contribution < -0.4 is 10.6 Å². The summed E-state index contributed by atoms with van der Waals surface area (Å²) in [6.45, 7) is 8.77. The maximum absolute atomic E-state index is 14.0. The number of rotatable bonds is 11. The van der Waals surface area contributed by atoms with Gasteiger partial charge in [-0.25, -0.2) is 0 Å². The molecule has 8 heteroatoms. The van der Waals surface area contributed by atoms with Crippen molar-refractivity contribution in [2.75, 3.05) is 17.6 Å². The Morgan fingerprint density at radius 3 is 2.13 bits per heavy atom. The summed E-state index contributed by atoms with van der Waals surface area (Å²) in [6, 6.07) is 28.3. The van der Waals surface area contributed by atoms with Crippen molar-refractivity contribution in [1.82, 2.24) is 5.32 Å². The van der Waals surface area contributed by atoms with Gasteiger partial charge in [-0.3, -0.25) is 21.6 Å². The summed E-state index contributed by atoms with van der Waals surface area (Å²) in [5.41, 5.74) is 5.85. The van der Waals surface area contributed by atoms with Crippen molar-refractivity contribution < 1.29 is 14.1 Å². The molecule has 0 saturated heterocycles. The van der Waals surface area contributed by atoms with Crippen LogP contribution in [-0.4, -0.2) is 28.7 Å². The van der Waals surface area contributed by atoms with Crippen molar-refractivity contribution >= 4 is 58.8 Å². The molecule has 2 amide bonds. The molecular weight excluding hydrogens is 623 g/mol. The number of carbonyl (C=O) groups excluding carboxylic acids is 2. The third-order valence-electron chi connectivity index (χ3n) is 7.42. The quantitative estimate of drug-likeness (QED) is 0.124. The van der Waals surface area contributed by atoms with Crippen molar-refractivity contribution in [3.05, 3.63) is 129 Å². The van der Waals surface area contributed by atoms with E-state index in [4.69, 9.17) is 23.2 Å². The summed E-state index contributed by atoms with van der Waals surface area (Å²) in [6.07, 6.45) is 4.25. The van der Waals surface area contributed by atoms with Crippen LogP contribution in [-0.2, 0) is 4.79 Å². The minimum absolute atomic E-state index is 0.0577. The Bertz CT molecular complexity index is 1630. The number of hydrogen-bond acceptors (Lipinski definition) is 4. The third kappa shape index (κ3) is 9.72. The van der Waals surface area contributed by atoms with Crippen molar-refractivity contribution in [1.29, 1.82) is 0 Å². The summed E-state index contributed by atoms with van der Waals surface area (Å²) in [7, 11) is 0. The van der Waals surface area contributed by atoms with Crippen LogP contribution in [0.3, 0.4) is 0 Å². The Balaban J connectivity index is 1.59. The van der Waals surface area contributed by atoms with Crippen molar-refractivity contribution in [3.63, 3.8) is 0 Å². The fourth-order valence-electron chi connectivity index (χ4n) is 4.94. The number of benzene rings is 4. The highest BCUT2D eigenvalue weighted by Crippen LogP contribution is 2.35. The van der Waals surface area contributed by atoms with Crippen LogP contribution in [0, 0.1) is 5.41 Å². The Morgan fingerprint density at radius 2 is 1.53 bits per heavy atom. The highest BCUT2D eigenvalue weighted by Gasteiger charge is 2.28. The molecule has 4 rings (SSSR count). The molecule has 2 N–H and O–H groups in total. The van der Waals surface area contributed by atoms with Crippen LogP contribution in [0.2, 0.25) is 10.0 Å². The van der Waals surface area contributed by atoms with Gasteiger partial charge in [0, 0.05) is 33.4 Å². The zero-order valence-corrected chi connectivity index (χ0v) is 28.1. The Labute approximate surface area is 280 Å². The molecule has 2 unspecified atom stereocenters. The number of hydrogen-bond donors (Lipinski definition) is 2. The van der Waals surface area contributed by atoms with Gasteiger partial charge in [0.1, 0.15) is 0 Å². The molecule has 0 radical (unpaired) electrons. The first kappa shape index (κ1) is 34.3. The Hall–Kier alpha value is -3.55. The van der Waals surface area contributed by atoms with Crippen LogP contribution in [0.25, 0.3) is 17.2 Å². The van der Waals surface area contributed by atoms with Crippen LogP contribution in [0.15, 0.2) is 97.1 Å². The first-order valence-electron chi connectivity index (χ1n) is 14.7. The van der Waals surface area contributed by atoms with E-state index in [1.165, 1.54) is 0 Å². The second kappa shape index (κ2) is 15.6. The highest BCUT2D eigenvalue weighted by molar-refractivity contribution is 7.93. The van der Waals surface area contributed by atoms with Crippen LogP contribution >= 0.6 is 35.2 Å². The van der Waals surface area contributed by atoms with Gasteiger partial charge in [-0.05, 0) is 75.7 Å². The van der Waals surface area contributed by atoms with E-state index in [0.29, 0.717) is 45.6 Å². The van der Waals surface area contributed by atoms with E-state index in [0.717, 1.165) is 27.8 Å². The number of halogens is 2. The molecule has 0 heterocycles. The molecule has 0 fully saturated rings. The van der Waals surface area contributed by atoms with E-state index in [2.05, 4.69) is 43.6 Å². The van der Waals surface area contributed by atoms with Gasteiger partial charge in [0.15, 0.2) is 0 Å². The number of anilines is 1. The van der Waals surface area contributed by atoms with Crippen molar-refractivity contribution in [2.45, 2.75) is 39.5 Å². The standard InChI is InChI=1S/C37H38Cl2N2O3S/c1-24(26-9-11-29(12-10-26)35(42)40-21-22-45-44)34(28-7-5-25(6-8-28)19-20-37(2,3)4)36(43)41-31-16-13-27(14-17-31)32-18-15-30(38)23-33(32)39/h5-20,23-24,34,44H,21-22H2,1-4H3,(H,40,42)(H,41,43)/p-1/b20-19+. The number of carbonyl (C=O) groups is 2. The predicted octanol–water partition coefficient (Wildman–Crippen LogP) is 9.84. The normalized spacial score (nSPS) is 13.0. The average molecular weight is 661 g/mol. The van der Waals surface area contributed by atoms with Crippen LogP contribution in [0.1, 0.15) is 66.6 Å². The second-order valence-corrected chi connectivity index (χ2v) is 13.5. The first-order chi connectivity index (χ1) is 21.4. The zero-order chi connectivity index (χ0) is 32.6. The molecule has 4 aromatic rings. The summed E-state index contributed by atoms with van der Waals surface area (Å²) in [4.78, 5) is 26.4. The molecule has 2 atom stereocenters. The molecule has 0 saturated carbocycles. The molecule has 4 aromatic carbocycles. The molecule has 0 aliphatic rings. The molecule has 0 spiro atoms. The van der Waals surface area contributed by atoms with E-state index in [-0.39, 0.29) is 23.1 Å². The summed E-state index contributed by atoms with van der Waals surface area (Å²) in [5, 5.41) is 6.98. The van der Waals surface area contributed by atoms with E-state index in [1.54, 1.807) is 24.3 Å². The zero-order valence-electron chi connectivity index (χ0n) is 25.8. The molecule has 45 heavy (non-hydrogen) atoms. The fraction of sp³-hybridized carbons (Fsp3) is 0.243. The van der Waals surface area contributed by atoms with Gasteiger partial charge >= 0.3 is 0 Å². The first-order valence-corrected chi connectivity index (χ1v) is 16.4. The molecule has 5 nitrogen and oxygen atoms in total. The van der Waals surface area contributed by atoms with Gasteiger partial charge in [-0.2, -0.15) is 0 Å². The highest BCUT2D eigenvalue weighted by atomic mass is 35.5. The van der Waals surface area contributed by atoms with Gasteiger partial charge in [0.25, 0.3) is 5.91 Å². The summed E-state index contributed by atoms with van der Waals surface area (Å²) >= 11 is 12.9. The minimum Gasteiger partial charge on any atom is -0.799 e. The SMILES string of the molecule is CC(c1ccc(C(=O)NCCS[O-])cc1)C(C(=O)Nc1ccc(-c2ccc(Cl)cc2Cl)cc1)c1ccc(/C=C/C(C)(C)C)cc1. The fourth-order valence-corrected chi connectivity index (χ4v) is 5.65. The Kier molecular flexibility index (Phi) is 11.9. The maximum Gasteiger partial charge on any atom is 0.251 e. The van der Waals surface area contributed by atoms with Crippen molar-refractivity contribution in [3.8, 4) is 11.1 Å². The summed E-state index contributed by atoms with van der Waals surface area (Å²) in [5.74, 6) is -0.790. The molecule has 0 aromatic heterocycles. The lowest BCUT2D eigenvalue weighted by atomic mass is 9.81.